The predicted octanol–water partition coefficient (Wildman–Crippen LogP) is 1.43. The van der Waals surface area contributed by atoms with Crippen LogP contribution in [0.3, 0.4) is 0 Å². The molecule has 0 unspecified atom stereocenters. The highest BCUT2D eigenvalue weighted by molar-refractivity contribution is 7.99. The second-order valence-electron chi connectivity index (χ2n) is 5.30. The molecule has 0 atom stereocenters. The summed E-state index contributed by atoms with van der Waals surface area (Å²) >= 11 is 1.28. The molecule has 1 saturated heterocycles. The Bertz CT molecular complexity index is 741. The lowest BCUT2D eigenvalue weighted by molar-refractivity contribution is -0.124. The fourth-order valence-electron chi connectivity index (χ4n) is 2.31. The molecule has 0 aliphatic carbocycles. The number of hydrogen-bond acceptors (Lipinski definition) is 5. The topological polar surface area (TPSA) is 80.1 Å². The number of benzene rings is 1. The van der Waals surface area contributed by atoms with Gasteiger partial charge in [0.15, 0.2) is 11.0 Å². The molecule has 7 nitrogen and oxygen atoms in total. The summed E-state index contributed by atoms with van der Waals surface area (Å²) in [6.45, 7) is 2.96. The lowest BCUT2D eigenvalue weighted by Gasteiger charge is -2.11. The summed E-state index contributed by atoms with van der Waals surface area (Å²) in [6.07, 6.45) is 0. The van der Waals surface area contributed by atoms with E-state index in [1.807, 2.05) is 42.8 Å². The molecule has 120 valence electrons. The van der Waals surface area contributed by atoms with Crippen molar-refractivity contribution in [3.63, 3.8) is 0 Å². The first kappa shape index (κ1) is 15.5. The van der Waals surface area contributed by atoms with Crippen LogP contribution in [0.5, 0.6) is 0 Å². The Hall–Kier alpha value is -2.35. The van der Waals surface area contributed by atoms with Gasteiger partial charge in [-0.05, 0) is 6.92 Å². The number of urea groups is 1. The highest BCUT2D eigenvalue weighted by atomic mass is 32.2. The summed E-state index contributed by atoms with van der Waals surface area (Å²) in [5.41, 5.74) is 2.16. The molecular formula is C15H17N5O2S. The lowest BCUT2D eigenvalue weighted by Crippen LogP contribution is -2.35. The third kappa shape index (κ3) is 3.21. The molecule has 1 aromatic carbocycles. The van der Waals surface area contributed by atoms with Crippen LogP contribution in [0.2, 0.25) is 0 Å². The van der Waals surface area contributed by atoms with Crippen molar-refractivity contribution in [1.82, 2.24) is 25.0 Å². The van der Waals surface area contributed by atoms with Gasteiger partial charge in [-0.1, -0.05) is 41.6 Å². The van der Waals surface area contributed by atoms with Crippen LogP contribution in [0, 0.1) is 6.92 Å². The van der Waals surface area contributed by atoms with Gasteiger partial charge in [0.2, 0.25) is 5.91 Å². The van der Waals surface area contributed by atoms with Crippen molar-refractivity contribution in [2.75, 3.05) is 18.8 Å². The number of amides is 3. The zero-order chi connectivity index (χ0) is 16.4. The monoisotopic (exact) mass is 331 g/mol. The zero-order valence-corrected chi connectivity index (χ0v) is 13.8. The molecular weight excluding hydrogens is 314 g/mol. The summed E-state index contributed by atoms with van der Waals surface area (Å²) in [5.74, 6) is 0.691. The third-order valence-electron chi connectivity index (χ3n) is 3.63. The van der Waals surface area contributed by atoms with Crippen LogP contribution in [0.25, 0.3) is 11.4 Å². The zero-order valence-electron chi connectivity index (χ0n) is 12.9. The fourth-order valence-corrected chi connectivity index (χ4v) is 3.10. The molecule has 1 aliphatic rings. The molecule has 1 N–H and O–H groups in total. The Morgan fingerprint density at radius 2 is 2.04 bits per heavy atom. The van der Waals surface area contributed by atoms with Gasteiger partial charge in [-0.15, -0.1) is 10.2 Å². The molecule has 0 radical (unpaired) electrons. The summed E-state index contributed by atoms with van der Waals surface area (Å²) < 4.78 is 1.85. The first-order valence-electron chi connectivity index (χ1n) is 7.23. The van der Waals surface area contributed by atoms with E-state index >= 15 is 0 Å². The quantitative estimate of drug-likeness (QED) is 0.858. The molecule has 0 saturated carbocycles. The van der Waals surface area contributed by atoms with Crippen molar-refractivity contribution in [1.29, 1.82) is 0 Å². The lowest BCUT2D eigenvalue weighted by atomic mass is 10.1. The summed E-state index contributed by atoms with van der Waals surface area (Å²) in [4.78, 5) is 24.7. The number of imide groups is 1. The van der Waals surface area contributed by atoms with Crippen molar-refractivity contribution < 1.29 is 9.59 Å². The summed E-state index contributed by atoms with van der Waals surface area (Å²) in [6, 6.07) is 7.70. The van der Waals surface area contributed by atoms with Crippen LogP contribution in [0.1, 0.15) is 5.56 Å². The van der Waals surface area contributed by atoms with Gasteiger partial charge >= 0.3 is 6.03 Å². The number of hydrogen-bond donors (Lipinski definition) is 1. The number of thioether (sulfide) groups is 1. The van der Waals surface area contributed by atoms with E-state index in [4.69, 9.17) is 0 Å². The SMILES string of the molecule is Cc1ccc(-c2nnc(SCC(=O)N3CCNC3=O)n2C)cc1. The molecule has 2 heterocycles. The first-order valence-corrected chi connectivity index (χ1v) is 8.22. The van der Waals surface area contributed by atoms with Gasteiger partial charge in [0.1, 0.15) is 0 Å². The largest absolute Gasteiger partial charge is 0.336 e. The predicted molar refractivity (Wildman–Crippen MR) is 87.0 cm³/mol. The highest BCUT2D eigenvalue weighted by Crippen LogP contribution is 2.23. The Morgan fingerprint density at radius 1 is 1.30 bits per heavy atom. The first-order chi connectivity index (χ1) is 11.1. The number of nitrogens with zero attached hydrogens (tertiary/aromatic N) is 4. The minimum absolute atomic E-state index is 0.160. The molecule has 3 amide bonds. The van der Waals surface area contributed by atoms with E-state index < -0.39 is 0 Å². The molecule has 8 heteroatoms. The fraction of sp³-hybridized carbons (Fsp3) is 0.333. The normalized spacial score (nSPS) is 14.2. The van der Waals surface area contributed by atoms with Gasteiger partial charge in [0.05, 0.1) is 5.75 Å². The standard InChI is InChI=1S/C15H17N5O2S/c1-10-3-5-11(6-4-10)13-17-18-15(19(13)2)23-9-12(21)20-8-7-16-14(20)22/h3-6H,7-9H2,1-2H3,(H,16,22). The summed E-state index contributed by atoms with van der Waals surface area (Å²) in [5, 5.41) is 11.6. The maximum atomic E-state index is 12.0. The molecule has 23 heavy (non-hydrogen) atoms. The molecule has 3 rings (SSSR count). The molecule has 1 fully saturated rings. The van der Waals surface area contributed by atoms with Crippen molar-refractivity contribution in [2.24, 2.45) is 7.05 Å². The van der Waals surface area contributed by atoms with Crippen LogP contribution in [-0.2, 0) is 11.8 Å². The van der Waals surface area contributed by atoms with Gasteiger partial charge in [-0.25, -0.2) is 4.79 Å². The Labute approximate surface area is 138 Å². The number of nitrogens with one attached hydrogen (secondary N) is 1. The minimum atomic E-state index is -0.325. The van der Waals surface area contributed by atoms with Gasteiger partial charge in [-0.3, -0.25) is 9.69 Å². The third-order valence-corrected chi connectivity index (χ3v) is 4.63. The maximum Gasteiger partial charge on any atom is 0.324 e. The van der Waals surface area contributed by atoms with Crippen LogP contribution in [0.4, 0.5) is 4.79 Å². The second-order valence-corrected chi connectivity index (χ2v) is 6.24. The minimum Gasteiger partial charge on any atom is -0.336 e. The van der Waals surface area contributed by atoms with E-state index in [1.165, 1.54) is 22.2 Å². The Morgan fingerprint density at radius 3 is 2.70 bits per heavy atom. The van der Waals surface area contributed by atoms with Gasteiger partial charge < -0.3 is 9.88 Å². The van der Waals surface area contributed by atoms with Crippen LogP contribution >= 0.6 is 11.8 Å². The van der Waals surface area contributed by atoms with E-state index in [2.05, 4.69) is 15.5 Å². The van der Waals surface area contributed by atoms with E-state index in [1.54, 1.807) is 0 Å². The number of carbonyl (C=O) groups is 2. The molecule has 0 spiro atoms. The second kappa shape index (κ2) is 6.41. The number of carbonyl (C=O) groups excluding carboxylic acids is 2. The Balaban J connectivity index is 1.69. The van der Waals surface area contributed by atoms with Crippen molar-refractivity contribution in [3.05, 3.63) is 29.8 Å². The van der Waals surface area contributed by atoms with E-state index in [0.717, 1.165) is 11.4 Å². The van der Waals surface area contributed by atoms with E-state index in [0.29, 0.717) is 18.2 Å². The number of rotatable bonds is 4. The molecule has 2 aromatic rings. The smallest absolute Gasteiger partial charge is 0.324 e. The van der Waals surface area contributed by atoms with Crippen molar-refractivity contribution >= 4 is 23.7 Å². The highest BCUT2D eigenvalue weighted by Gasteiger charge is 2.26. The maximum absolute atomic E-state index is 12.0. The van der Waals surface area contributed by atoms with Crippen LogP contribution in [-0.4, -0.2) is 50.4 Å². The number of aromatic nitrogens is 3. The van der Waals surface area contributed by atoms with Gasteiger partial charge in [-0.2, -0.15) is 0 Å². The van der Waals surface area contributed by atoms with Gasteiger partial charge in [0, 0.05) is 25.7 Å². The van der Waals surface area contributed by atoms with Gasteiger partial charge in [0.25, 0.3) is 0 Å². The van der Waals surface area contributed by atoms with E-state index in [-0.39, 0.29) is 17.7 Å². The molecule has 1 aromatic heterocycles. The summed E-state index contributed by atoms with van der Waals surface area (Å²) in [7, 11) is 1.87. The van der Waals surface area contributed by atoms with E-state index in [9.17, 15) is 9.59 Å². The van der Waals surface area contributed by atoms with Crippen molar-refractivity contribution in [3.8, 4) is 11.4 Å². The average molecular weight is 331 g/mol. The number of aryl methyl sites for hydroxylation is 1. The van der Waals surface area contributed by atoms with Crippen molar-refractivity contribution in [2.45, 2.75) is 12.1 Å². The van der Waals surface area contributed by atoms with Crippen LogP contribution < -0.4 is 5.32 Å². The molecule has 0 bridgehead atoms. The van der Waals surface area contributed by atoms with Crippen LogP contribution in [0.15, 0.2) is 29.4 Å². The molecule has 1 aliphatic heterocycles. The average Bonchev–Trinajstić information content (AvgIpc) is 3.12. The Kier molecular flexibility index (Phi) is 4.33.